The molecule has 0 aliphatic carbocycles. The highest BCUT2D eigenvalue weighted by Gasteiger charge is 2.31. The van der Waals surface area contributed by atoms with Gasteiger partial charge in [-0.25, -0.2) is 9.97 Å². The predicted octanol–water partition coefficient (Wildman–Crippen LogP) is 4.96. The van der Waals surface area contributed by atoms with Crippen LogP contribution in [0.3, 0.4) is 0 Å². The number of ether oxygens (including phenoxy) is 2. The van der Waals surface area contributed by atoms with Crippen molar-refractivity contribution in [3.05, 3.63) is 77.5 Å². The lowest BCUT2D eigenvalue weighted by atomic mass is 10.0. The largest absolute Gasteiger partial charge is 0.573 e. The van der Waals surface area contributed by atoms with Crippen molar-refractivity contribution in [3.63, 3.8) is 0 Å². The minimum atomic E-state index is -4.76. The van der Waals surface area contributed by atoms with Crippen molar-refractivity contribution in [3.8, 4) is 22.6 Å². The van der Waals surface area contributed by atoms with Gasteiger partial charge in [0.2, 0.25) is 0 Å². The third-order valence-corrected chi connectivity index (χ3v) is 5.94. The summed E-state index contributed by atoms with van der Waals surface area (Å²) in [6.07, 6.45) is -1.49. The van der Waals surface area contributed by atoms with Gasteiger partial charge >= 0.3 is 6.36 Å². The van der Waals surface area contributed by atoms with E-state index >= 15 is 0 Å². The molecule has 0 bridgehead atoms. The number of rotatable bonds is 4. The number of halogens is 3. The zero-order chi connectivity index (χ0) is 25.4. The fourth-order valence-electron chi connectivity index (χ4n) is 4.48. The van der Waals surface area contributed by atoms with E-state index < -0.39 is 6.36 Å². The van der Waals surface area contributed by atoms with E-state index in [1.165, 1.54) is 35.2 Å². The summed E-state index contributed by atoms with van der Waals surface area (Å²) in [5.74, 6) is 0.488. The van der Waals surface area contributed by atoms with E-state index in [0.717, 1.165) is 18.9 Å². The standard InChI is InChI=1S/C26H23F3N4O3/c1-16-13-32(14-17(2)35-16)23-11-8-19(12-30-23)33-15-31-24-21(4-3-5-22(24)25(33)34)18-6-9-20(10-7-18)36-26(27,28)29/h3-12,15-17H,13-14H2,1-2H3/t16-,17+. The highest BCUT2D eigenvalue weighted by molar-refractivity contribution is 5.93. The monoisotopic (exact) mass is 496 g/mol. The highest BCUT2D eigenvalue weighted by Crippen LogP contribution is 2.29. The molecule has 0 N–H and O–H groups in total. The molecule has 2 aromatic carbocycles. The molecule has 0 radical (unpaired) electrons. The molecule has 1 aliphatic heterocycles. The maximum Gasteiger partial charge on any atom is 0.573 e. The van der Waals surface area contributed by atoms with Gasteiger partial charge < -0.3 is 14.4 Å². The molecule has 0 saturated carbocycles. The molecule has 36 heavy (non-hydrogen) atoms. The van der Waals surface area contributed by atoms with Crippen molar-refractivity contribution in [1.29, 1.82) is 0 Å². The van der Waals surface area contributed by atoms with Crippen LogP contribution < -0.4 is 15.2 Å². The number of morpholine rings is 1. The molecule has 4 aromatic rings. The number of nitrogens with zero attached hydrogens (tertiary/aromatic N) is 4. The van der Waals surface area contributed by atoms with Crippen molar-refractivity contribution in [1.82, 2.24) is 14.5 Å². The Balaban J connectivity index is 1.45. The zero-order valence-electron chi connectivity index (χ0n) is 19.6. The van der Waals surface area contributed by atoms with Crippen LogP contribution in [0.2, 0.25) is 0 Å². The van der Waals surface area contributed by atoms with Gasteiger partial charge in [-0.3, -0.25) is 9.36 Å². The van der Waals surface area contributed by atoms with Crippen molar-refractivity contribution in [2.24, 2.45) is 0 Å². The van der Waals surface area contributed by atoms with Gasteiger partial charge in [-0.1, -0.05) is 24.3 Å². The van der Waals surface area contributed by atoms with E-state index in [9.17, 15) is 18.0 Å². The Morgan fingerprint density at radius 2 is 1.69 bits per heavy atom. The Morgan fingerprint density at radius 3 is 2.33 bits per heavy atom. The molecule has 3 heterocycles. The minimum absolute atomic E-state index is 0.102. The van der Waals surface area contributed by atoms with Crippen LogP contribution in [0.4, 0.5) is 19.0 Å². The van der Waals surface area contributed by atoms with Crippen molar-refractivity contribution in [2.75, 3.05) is 18.0 Å². The number of alkyl halides is 3. The highest BCUT2D eigenvalue weighted by atomic mass is 19.4. The number of hydrogen-bond acceptors (Lipinski definition) is 6. The molecular formula is C26H23F3N4O3. The Hall–Kier alpha value is -3.92. The van der Waals surface area contributed by atoms with E-state index in [4.69, 9.17) is 4.74 Å². The number of hydrogen-bond donors (Lipinski definition) is 0. The average molecular weight is 496 g/mol. The van der Waals surface area contributed by atoms with Crippen molar-refractivity contribution >= 4 is 16.7 Å². The second kappa shape index (κ2) is 9.27. The Bertz CT molecular complexity index is 1430. The van der Waals surface area contributed by atoms with E-state index in [1.807, 2.05) is 26.0 Å². The third kappa shape index (κ3) is 4.90. The first-order valence-corrected chi connectivity index (χ1v) is 11.4. The van der Waals surface area contributed by atoms with Crippen LogP contribution in [0.1, 0.15) is 13.8 Å². The van der Waals surface area contributed by atoms with E-state index in [0.29, 0.717) is 27.7 Å². The summed E-state index contributed by atoms with van der Waals surface area (Å²) in [5.41, 5.74) is 1.98. The number of para-hydroxylation sites is 1. The lowest BCUT2D eigenvalue weighted by Crippen LogP contribution is -2.45. The number of pyridine rings is 1. The molecule has 1 fully saturated rings. The summed E-state index contributed by atoms with van der Waals surface area (Å²) >= 11 is 0. The molecule has 2 atom stereocenters. The van der Waals surface area contributed by atoms with Gasteiger partial charge in [0.05, 0.1) is 35.0 Å². The van der Waals surface area contributed by atoms with Gasteiger partial charge in [0.15, 0.2) is 0 Å². The van der Waals surface area contributed by atoms with E-state index in [-0.39, 0.29) is 23.5 Å². The Kier molecular flexibility index (Phi) is 6.13. The first kappa shape index (κ1) is 23.8. The fraction of sp³-hybridized carbons (Fsp3) is 0.269. The summed E-state index contributed by atoms with van der Waals surface area (Å²) in [6.45, 7) is 5.52. The topological polar surface area (TPSA) is 69.5 Å². The van der Waals surface area contributed by atoms with Gasteiger partial charge in [0, 0.05) is 18.7 Å². The van der Waals surface area contributed by atoms with Crippen LogP contribution in [-0.4, -0.2) is 46.2 Å². The SMILES string of the molecule is C[C@@H]1CN(c2ccc(-n3cnc4c(-c5ccc(OC(F)(F)F)cc5)cccc4c3=O)cn2)C[C@H](C)O1. The van der Waals surface area contributed by atoms with Crippen LogP contribution >= 0.6 is 0 Å². The Morgan fingerprint density at radius 1 is 0.972 bits per heavy atom. The molecule has 7 nitrogen and oxygen atoms in total. The minimum Gasteiger partial charge on any atom is -0.406 e. The summed E-state index contributed by atoms with van der Waals surface area (Å²) < 4.78 is 48.5. The molecule has 1 aliphatic rings. The smallest absolute Gasteiger partial charge is 0.406 e. The van der Waals surface area contributed by atoms with Gasteiger partial charge in [0.1, 0.15) is 17.9 Å². The van der Waals surface area contributed by atoms with Crippen LogP contribution in [0, 0.1) is 0 Å². The van der Waals surface area contributed by atoms with Crippen molar-refractivity contribution in [2.45, 2.75) is 32.4 Å². The van der Waals surface area contributed by atoms with Gasteiger partial charge in [-0.05, 0) is 49.7 Å². The molecule has 0 amide bonds. The Labute approximate surface area is 204 Å². The maximum absolute atomic E-state index is 13.3. The number of aromatic nitrogens is 3. The maximum atomic E-state index is 13.3. The molecule has 1 saturated heterocycles. The number of fused-ring (bicyclic) bond motifs is 1. The second-order valence-electron chi connectivity index (χ2n) is 8.73. The first-order valence-electron chi connectivity index (χ1n) is 11.4. The van der Waals surface area contributed by atoms with Crippen LogP contribution in [0.15, 0.2) is 71.9 Å². The van der Waals surface area contributed by atoms with Gasteiger partial charge in [-0.2, -0.15) is 0 Å². The lowest BCUT2D eigenvalue weighted by Gasteiger charge is -2.36. The van der Waals surface area contributed by atoms with E-state index in [2.05, 4.69) is 19.6 Å². The zero-order valence-corrected chi connectivity index (χ0v) is 19.6. The molecule has 0 unspecified atom stereocenters. The number of anilines is 1. The first-order chi connectivity index (χ1) is 17.2. The van der Waals surface area contributed by atoms with Crippen molar-refractivity contribution < 1.29 is 22.6 Å². The predicted molar refractivity (Wildman–Crippen MR) is 129 cm³/mol. The second-order valence-corrected chi connectivity index (χ2v) is 8.73. The third-order valence-electron chi connectivity index (χ3n) is 5.94. The summed E-state index contributed by atoms with van der Waals surface area (Å²) in [4.78, 5) is 24.5. The molecule has 5 rings (SSSR count). The molecular weight excluding hydrogens is 473 g/mol. The van der Waals surface area contributed by atoms with Crippen LogP contribution in [0.5, 0.6) is 5.75 Å². The quantitative estimate of drug-likeness (QED) is 0.398. The van der Waals surface area contributed by atoms with Gasteiger partial charge in [0.25, 0.3) is 5.56 Å². The normalized spacial score (nSPS) is 18.4. The summed E-state index contributed by atoms with van der Waals surface area (Å²) in [5, 5.41) is 0.380. The van der Waals surface area contributed by atoms with Gasteiger partial charge in [-0.15, -0.1) is 13.2 Å². The molecule has 186 valence electrons. The lowest BCUT2D eigenvalue weighted by molar-refractivity contribution is -0.274. The average Bonchev–Trinajstić information content (AvgIpc) is 2.83. The summed E-state index contributed by atoms with van der Waals surface area (Å²) in [7, 11) is 0. The molecule has 2 aromatic heterocycles. The molecule has 0 spiro atoms. The van der Waals surface area contributed by atoms with E-state index in [1.54, 1.807) is 24.4 Å². The summed E-state index contributed by atoms with van der Waals surface area (Å²) in [6, 6.07) is 14.3. The fourth-order valence-corrected chi connectivity index (χ4v) is 4.48. The number of benzene rings is 2. The molecule has 10 heteroatoms. The van der Waals surface area contributed by atoms with Crippen LogP contribution in [-0.2, 0) is 4.74 Å². The van der Waals surface area contributed by atoms with Crippen LogP contribution in [0.25, 0.3) is 27.7 Å².